The molecule has 0 radical (unpaired) electrons. The van der Waals surface area contributed by atoms with Crippen LogP contribution < -0.4 is 0 Å². The molecular weight excluding hydrogens is 600 g/mol. The van der Waals surface area contributed by atoms with Gasteiger partial charge in [-0.05, 0) is 91.4 Å². The van der Waals surface area contributed by atoms with Crippen LogP contribution in [0.2, 0.25) is 0 Å². The van der Waals surface area contributed by atoms with E-state index in [1.165, 1.54) is 0 Å². The normalized spacial score (nSPS) is 10.8. The molecule has 0 fully saturated rings. The van der Waals surface area contributed by atoms with Crippen molar-refractivity contribution in [3.05, 3.63) is 0 Å². The summed E-state index contributed by atoms with van der Waals surface area (Å²) in [5.41, 5.74) is 0.578. The summed E-state index contributed by atoms with van der Waals surface area (Å²) >= 11 is 0. The van der Waals surface area contributed by atoms with Crippen molar-refractivity contribution in [1.29, 1.82) is 0 Å². The second kappa shape index (κ2) is 41.2. The van der Waals surface area contributed by atoms with Gasteiger partial charge in [-0.25, -0.2) is 0 Å². The van der Waals surface area contributed by atoms with Crippen LogP contribution in [-0.4, -0.2) is 78.3 Å². The van der Waals surface area contributed by atoms with Crippen LogP contribution in [0.15, 0.2) is 0 Å². The molecule has 0 unspecified atom stereocenters. The second-order valence-corrected chi connectivity index (χ2v) is 15.4. The Morgan fingerprint density at radius 3 is 0.667 bits per heavy atom. The van der Waals surface area contributed by atoms with Gasteiger partial charge < -0.3 is 28.4 Å². The van der Waals surface area contributed by atoms with E-state index in [0.717, 1.165) is 26.1 Å². The highest BCUT2D eigenvalue weighted by Crippen LogP contribution is 2.19. The molecule has 0 atom stereocenters. The molecule has 0 amide bonds. The van der Waals surface area contributed by atoms with Crippen molar-refractivity contribution in [3.8, 4) is 0 Å². The van der Waals surface area contributed by atoms with Gasteiger partial charge in [0, 0.05) is 49.3 Å². The van der Waals surface area contributed by atoms with Crippen molar-refractivity contribution in [1.82, 2.24) is 0 Å². The lowest BCUT2D eigenvalue weighted by Gasteiger charge is -2.26. The summed E-state index contributed by atoms with van der Waals surface area (Å²) in [6.07, 6.45) is 2.15. The van der Waals surface area contributed by atoms with Gasteiger partial charge in [-0.2, -0.15) is 0 Å². The highest BCUT2D eigenvalue weighted by molar-refractivity contribution is 4.71. The molecule has 6 nitrogen and oxygen atoms in total. The van der Waals surface area contributed by atoms with Crippen LogP contribution in [0.4, 0.5) is 0 Å². The van der Waals surface area contributed by atoms with E-state index in [9.17, 15) is 0 Å². The van der Waals surface area contributed by atoms with Crippen molar-refractivity contribution < 1.29 is 28.4 Å². The molecular formula is C42H106O6. The molecule has 0 saturated carbocycles. The maximum absolute atomic E-state index is 5.20. The zero-order valence-corrected chi connectivity index (χ0v) is 34.5. The first kappa shape index (κ1) is 77.3. The number of rotatable bonds is 11. The Kier molecular flexibility index (Phi) is 66.3. The van der Waals surface area contributed by atoms with Crippen LogP contribution in [0, 0.1) is 23.2 Å². The highest BCUT2D eigenvalue weighted by atomic mass is 16.5. The summed E-state index contributed by atoms with van der Waals surface area (Å²) in [5.74, 6) is 1.86. The average molecular weight is 707 g/mol. The maximum atomic E-state index is 5.20. The smallest absolute Gasteiger partial charge is 0.0645 e. The number of methoxy groups -OCH3 is 6. The summed E-state index contributed by atoms with van der Waals surface area (Å²) in [6.45, 7) is 42.0. The van der Waals surface area contributed by atoms with E-state index in [-0.39, 0.29) is 59.5 Å². The predicted octanol–water partition coefficient (Wildman–Crippen LogP) is 13.9. The highest BCUT2D eigenvalue weighted by Gasteiger charge is 2.20. The van der Waals surface area contributed by atoms with Gasteiger partial charge in [-0.1, -0.05) is 113 Å². The summed E-state index contributed by atoms with van der Waals surface area (Å²) in [4.78, 5) is 0. The summed E-state index contributed by atoms with van der Waals surface area (Å²) in [7, 11) is 10.4. The lowest BCUT2D eigenvalue weighted by Crippen LogP contribution is -2.29. The predicted molar refractivity (Wildman–Crippen MR) is 226 cm³/mol. The molecule has 0 bridgehead atoms. The molecule has 0 heterocycles. The molecule has 0 saturated heterocycles. The van der Waals surface area contributed by atoms with Crippen molar-refractivity contribution in [3.63, 3.8) is 0 Å². The first-order valence-corrected chi connectivity index (χ1v) is 16.3. The molecule has 0 spiro atoms. The van der Waals surface area contributed by atoms with Crippen molar-refractivity contribution >= 4 is 0 Å². The quantitative estimate of drug-likeness (QED) is 0.213. The SMILES string of the molecule is C.C.C.C.C.CCC(C)(C)OC.CCC(C)(C)OC.COC(C)(C)C(C)C.COC(C)(C)C(C)C.COCC(C)(C)C.COCC(C)C. The molecule has 48 heavy (non-hydrogen) atoms. The van der Waals surface area contributed by atoms with E-state index in [0.29, 0.717) is 23.2 Å². The van der Waals surface area contributed by atoms with Crippen LogP contribution in [0.25, 0.3) is 0 Å². The van der Waals surface area contributed by atoms with Crippen LogP contribution in [0.3, 0.4) is 0 Å². The monoisotopic (exact) mass is 707 g/mol. The van der Waals surface area contributed by atoms with E-state index in [1.54, 1.807) is 42.7 Å². The van der Waals surface area contributed by atoms with Crippen molar-refractivity contribution in [2.45, 2.75) is 204 Å². The standard InChI is InChI=1S/2C7H16O.3C6H14O.C5H12O.5CH4/c2*1-6(2)7(3,4)8-5;1-6(2,3)5-7-4;2*1-5-6(2,3)7-4;1-5(2)4-6-3;;;;;/h2*6H,1-5H3;3*5H2,1-4H3;5H,4H2,1-3H3;5*1H4. The Hall–Kier alpha value is -0.240. The lowest BCUT2D eigenvalue weighted by atomic mass is 9.95. The van der Waals surface area contributed by atoms with E-state index in [2.05, 4.69) is 132 Å². The average Bonchev–Trinajstić information content (AvgIpc) is 2.89. The molecule has 0 rings (SSSR count). The maximum Gasteiger partial charge on any atom is 0.0645 e. The van der Waals surface area contributed by atoms with Crippen molar-refractivity contribution in [2.24, 2.45) is 23.2 Å². The number of hydrogen-bond acceptors (Lipinski definition) is 6. The first-order chi connectivity index (χ1) is 19.1. The van der Waals surface area contributed by atoms with E-state index in [4.69, 9.17) is 28.4 Å². The van der Waals surface area contributed by atoms with Gasteiger partial charge in [-0.3, -0.25) is 0 Å². The van der Waals surface area contributed by atoms with E-state index < -0.39 is 0 Å². The second-order valence-electron chi connectivity index (χ2n) is 15.4. The van der Waals surface area contributed by atoms with E-state index in [1.807, 2.05) is 0 Å². The van der Waals surface area contributed by atoms with Gasteiger partial charge in [0.15, 0.2) is 0 Å². The van der Waals surface area contributed by atoms with Crippen LogP contribution in [0.5, 0.6) is 0 Å². The molecule has 0 aliphatic carbocycles. The fourth-order valence-corrected chi connectivity index (χ4v) is 1.53. The molecule has 6 heteroatoms. The van der Waals surface area contributed by atoms with Gasteiger partial charge in [0.1, 0.15) is 0 Å². The topological polar surface area (TPSA) is 55.4 Å². The Labute approximate surface area is 310 Å². The fraction of sp³-hybridized carbons (Fsp3) is 1.00. The molecule has 0 aromatic carbocycles. The minimum Gasteiger partial charge on any atom is -0.384 e. The minimum atomic E-state index is 0. The van der Waals surface area contributed by atoms with E-state index >= 15 is 0 Å². The largest absolute Gasteiger partial charge is 0.384 e. The summed E-state index contributed by atoms with van der Waals surface area (Å²) < 4.78 is 30.3. The minimum absolute atomic E-state index is 0. The number of hydrogen-bond donors (Lipinski definition) is 0. The Morgan fingerprint density at radius 1 is 0.417 bits per heavy atom. The van der Waals surface area contributed by atoms with Gasteiger partial charge in [0.05, 0.1) is 29.0 Å². The van der Waals surface area contributed by atoms with Gasteiger partial charge in [0.25, 0.3) is 0 Å². The first-order valence-electron chi connectivity index (χ1n) is 16.3. The zero-order valence-electron chi connectivity index (χ0n) is 34.5. The van der Waals surface area contributed by atoms with Crippen LogP contribution in [-0.2, 0) is 28.4 Å². The van der Waals surface area contributed by atoms with Crippen LogP contribution in [0.1, 0.15) is 182 Å². The Morgan fingerprint density at radius 2 is 0.667 bits per heavy atom. The van der Waals surface area contributed by atoms with Gasteiger partial charge in [-0.15, -0.1) is 0 Å². The third-order valence-electron chi connectivity index (χ3n) is 7.72. The van der Waals surface area contributed by atoms with Crippen molar-refractivity contribution in [2.75, 3.05) is 55.9 Å². The Bertz CT molecular complexity index is 497. The lowest BCUT2D eigenvalue weighted by molar-refractivity contribution is -0.0158. The van der Waals surface area contributed by atoms with Gasteiger partial charge >= 0.3 is 0 Å². The number of ether oxygens (including phenoxy) is 6. The molecule has 0 aromatic heterocycles. The summed E-state index contributed by atoms with van der Waals surface area (Å²) in [5, 5.41) is 0. The molecule has 0 aliphatic heterocycles. The third kappa shape index (κ3) is 67.8. The molecule has 0 N–H and O–H groups in total. The molecule has 310 valence electrons. The summed E-state index contributed by atoms with van der Waals surface area (Å²) in [6, 6.07) is 0. The van der Waals surface area contributed by atoms with Gasteiger partial charge in [0.2, 0.25) is 0 Å². The van der Waals surface area contributed by atoms with Crippen LogP contribution >= 0.6 is 0 Å². The Balaban J connectivity index is -0.0000000373. The third-order valence-corrected chi connectivity index (χ3v) is 7.72. The zero-order chi connectivity index (χ0) is 36.3. The molecule has 0 aliphatic rings. The molecule has 0 aromatic rings. The fourth-order valence-electron chi connectivity index (χ4n) is 1.53.